The largest absolute Gasteiger partial charge is 0.454 e. The number of carbonyl (C=O) groups is 3. The zero-order chi connectivity index (χ0) is 20.5. The van der Waals surface area contributed by atoms with E-state index in [4.69, 9.17) is 16.3 Å². The van der Waals surface area contributed by atoms with Crippen molar-refractivity contribution in [1.82, 2.24) is 10.2 Å². The molecule has 1 saturated carbocycles. The van der Waals surface area contributed by atoms with Gasteiger partial charge in [0, 0.05) is 23.2 Å². The first kappa shape index (κ1) is 20.6. The highest BCUT2D eigenvalue weighted by molar-refractivity contribution is 6.30. The van der Waals surface area contributed by atoms with Crippen molar-refractivity contribution in [3.63, 3.8) is 0 Å². The molecule has 1 saturated heterocycles. The molecule has 2 atom stereocenters. The second kappa shape index (κ2) is 7.74. The van der Waals surface area contributed by atoms with Gasteiger partial charge in [-0.25, -0.2) is 0 Å². The second-order valence-electron chi connectivity index (χ2n) is 9.09. The molecule has 0 spiro atoms. The second-order valence-corrected chi connectivity index (χ2v) is 9.52. The molecule has 6 nitrogen and oxygen atoms in total. The standard InChI is InChI=1S/C21H27ClN2O4/c1-20(2)8-16-9-21(3,12-20)13-24(16)17(25)11-28-18(26)10-23-19(27)14-4-6-15(22)7-5-14/h4-7,16H,8-13H2,1-3H3,(H,23,27)/t16-,21+/m1/s1. The van der Waals surface area contributed by atoms with Crippen LogP contribution in [0.15, 0.2) is 24.3 Å². The molecule has 0 aromatic heterocycles. The van der Waals surface area contributed by atoms with Gasteiger partial charge in [0.2, 0.25) is 0 Å². The molecule has 1 N–H and O–H groups in total. The van der Waals surface area contributed by atoms with Crippen LogP contribution in [0.5, 0.6) is 0 Å². The van der Waals surface area contributed by atoms with Crippen LogP contribution in [-0.2, 0) is 14.3 Å². The lowest BCUT2D eigenvalue weighted by molar-refractivity contribution is -0.151. The van der Waals surface area contributed by atoms with Crippen LogP contribution in [0.4, 0.5) is 0 Å². The van der Waals surface area contributed by atoms with Crippen LogP contribution in [0.2, 0.25) is 5.02 Å². The van der Waals surface area contributed by atoms with Gasteiger partial charge in [-0.15, -0.1) is 0 Å². The number of amides is 2. The molecular formula is C21H27ClN2O4. The van der Waals surface area contributed by atoms with Crippen molar-refractivity contribution in [3.05, 3.63) is 34.9 Å². The van der Waals surface area contributed by atoms with Gasteiger partial charge in [0.1, 0.15) is 6.54 Å². The van der Waals surface area contributed by atoms with Crippen LogP contribution < -0.4 is 5.32 Å². The highest BCUT2D eigenvalue weighted by Gasteiger charge is 2.50. The Balaban J connectivity index is 1.45. The van der Waals surface area contributed by atoms with Gasteiger partial charge in [-0.2, -0.15) is 0 Å². The van der Waals surface area contributed by atoms with Crippen molar-refractivity contribution < 1.29 is 19.1 Å². The van der Waals surface area contributed by atoms with Crippen LogP contribution in [-0.4, -0.2) is 48.4 Å². The number of likely N-dealkylation sites (tertiary alicyclic amines) is 1. The number of halogens is 1. The first-order valence-electron chi connectivity index (χ1n) is 9.56. The average Bonchev–Trinajstić information content (AvgIpc) is 2.87. The van der Waals surface area contributed by atoms with Gasteiger partial charge >= 0.3 is 5.97 Å². The average molecular weight is 407 g/mol. The molecule has 1 aliphatic heterocycles. The number of rotatable bonds is 5. The number of ether oxygens (including phenoxy) is 1. The highest BCUT2D eigenvalue weighted by Crippen LogP contribution is 2.52. The maximum atomic E-state index is 12.6. The van der Waals surface area contributed by atoms with Crippen LogP contribution in [0.3, 0.4) is 0 Å². The number of nitrogens with zero attached hydrogens (tertiary/aromatic N) is 1. The van der Waals surface area contributed by atoms with Crippen molar-refractivity contribution in [1.29, 1.82) is 0 Å². The Labute approximate surface area is 170 Å². The van der Waals surface area contributed by atoms with Crippen molar-refractivity contribution in [2.45, 2.75) is 46.1 Å². The number of benzene rings is 1. The number of fused-ring (bicyclic) bond motifs is 2. The highest BCUT2D eigenvalue weighted by atomic mass is 35.5. The van der Waals surface area contributed by atoms with Gasteiger partial charge in [0.05, 0.1) is 0 Å². The summed E-state index contributed by atoms with van der Waals surface area (Å²) in [5.41, 5.74) is 0.752. The normalized spacial score (nSPS) is 25.3. The lowest BCUT2D eigenvalue weighted by Gasteiger charge is -2.39. The minimum atomic E-state index is -0.635. The Morgan fingerprint density at radius 2 is 1.86 bits per heavy atom. The number of hydrogen-bond donors (Lipinski definition) is 1. The molecule has 1 aliphatic carbocycles. The summed E-state index contributed by atoms with van der Waals surface area (Å²) in [6.45, 7) is 6.85. The van der Waals surface area contributed by atoms with Gasteiger partial charge in [-0.05, 0) is 54.4 Å². The van der Waals surface area contributed by atoms with Crippen LogP contribution in [0.25, 0.3) is 0 Å². The summed E-state index contributed by atoms with van der Waals surface area (Å²) < 4.78 is 5.09. The maximum Gasteiger partial charge on any atom is 0.325 e. The van der Waals surface area contributed by atoms with E-state index >= 15 is 0 Å². The monoisotopic (exact) mass is 406 g/mol. The van der Waals surface area contributed by atoms with Gasteiger partial charge in [-0.1, -0.05) is 32.4 Å². The van der Waals surface area contributed by atoms with Gasteiger partial charge in [0.15, 0.2) is 6.61 Å². The molecule has 0 radical (unpaired) electrons. The Hall–Kier alpha value is -2.08. The van der Waals surface area contributed by atoms with Crippen molar-refractivity contribution in [2.75, 3.05) is 19.7 Å². The first-order valence-corrected chi connectivity index (χ1v) is 9.94. The van der Waals surface area contributed by atoms with E-state index in [1.807, 2.05) is 4.90 Å². The molecule has 7 heteroatoms. The summed E-state index contributed by atoms with van der Waals surface area (Å²) in [5, 5.41) is 3.01. The minimum Gasteiger partial charge on any atom is -0.454 e. The SMILES string of the molecule is CC1(C)C[C@@H]2C[C@](C)(CN2C(=O)COC(=O)CNC(=O)c2ccc(Cl)cc2)C1. The van der Waals surface area contributed by atoms with E-state index in [1.165, 1.54) is 0 Å². The summed E-state index contributed by atoms with van der Waals surface area (Å²) in [5.74, 6) is -1.20. The van der Waals surface area contributed by atoms with Crippen LogP contribution >= 0.6 is 11.6 Å². The van der Waals surface area contributed by atoms with Gasteiger partial charge in [0.25, 0.3) is 11.8 Å². The Morgan fingerprint density at radius 3 is 2.54 bits per heavy atom. The topological polar surface area (TPSA) is 75.7 Å². The van der Waals surface area contributed by atoms with E-state index in [0.29, 0.717) is 17.1 Å². The third-order valence-corrected chi connectivity index (χ3v) is 5.84. The van der Waals surface area contributed by atoms with Gasteiger partial charge < -0.3 is 15.0 Å². The number of esters is 1. The molecular weight excluding hydrogens is 380 g/mol. The Kier molecular flexibility index (Phi) is 5.71. The summed E-state index contributed by atoms with van der Waals surface area (Å²) >= 11 is 5.78. The molecule has 0 unspecified atom stereocenters. The van der Waals surface area contributed by atoms with Crippen molar-refractivity contribution in [2.24, 2.45) is 10.8 Å². The molecule has 2 fully saturated rings. The number of hydrogen-bond acceptors (Lipinski definition) is 4. The molecule has 1 aromatic carbocycles. The van der Waals surface area contributed by atoms with E-state index in [-0.39, 0.29) is 35.9 Å². The van der Waals surface area contributed by atoms with E-state index in [2.05, 4.69) is 26.1 Å². The zero-order valence-electron chi connectivity index (χ0n) is 16.6. The third-order valence-electron chi connectivity index (χ3n) is 5.59. The molecule has 2 aliphatic rings. The lowest BCUT2D eigenvalue weighted by atomic mass is 9.65. The minimum absolute atomic E-state index is 0.138. The summed E-state index contributed by atoms with van der Waals surface area (Å²) in [6.07, 6.45) is 3.07. The smallest absolute Gasteiger partial charge is 0.325 e. The van der Waals surface area contributed by atoms with Crippen LogP contribution in [0, 0.1) is 10.8 Å². The summed E-state index contributed by atoms with van der Waals surface area (Å²) in [6, 6.07) is 6.55. The third kappa shape index (κ3) is 4.85. The van der Waals surface area contributed by atoms with Crippen molar-refractivity contribution in [3.8, 4) is 0 Å². The van der Waals surface area contributed by atoms with Gasteiger partial charge in [-0.3, -0.25) is 14.4 Å². The predicted octanol–water partition coefficient (Wildman–Crippen LogP) is 3.04. The molecule has 28 heavy (non-hydrogen) atoms. The summed E-state index contributed by atoms with van der Waals surface area (Å²) in [4.78, 5) is 38.4. The Morgan fingerprint density at radius 1 is 1.18 bits per heavy atom. The van der Waals surface area contributed by atoms with E-state index < -0.39 is 11.9 Å². The zero-order valence-corrected chi connectivity index (χ0v) is 17.3. The number of nitrogens with one attached hydrogen (secondary N) is 1. The fourth-order valence-electron chi connectivity index (χ4n) is 4.88. The Bertz CT molecular complexity index is 777. The predicted molar refractivity (Wildman–Crippen MR) is 106 cm³/mol. The molecule has 3 rings (SSSR count). The molecule has 2 amide bonds. The molecule has 2 bridgehead atoms. The molecule has 152 valence electrons. The van der Waals surface area contributed by atoms with E-state index in [9.17, 15) is 14.4 Å². The molecule has 1 aromatic rings. The number of carbonyl (C=O) groups excluding carboxylic acids is 3. The first-order chi connectivity index (χ1) is 13.1. The maximum absolute atomic E-state index is 12.6. The quantitative estimate of drug-likeness (QED) is 0.762. The fraction of sp³-hybridized carbons (Fsp3) is 0.571. The lowest BCUT2D eigenvalue weighted by Crippen LogP contribution is -2.40. The molecule has 1 heterocycles. The summed E-state index contributed by atoms with van der Waals surface area (Å²) in [7, 11) is 0. The van der Waals surface area contributed by atoms with E-state index in [0.717, 1.165) is 19.3 Å². The van der Waals surface area contributed by atoms with Crippen LogP contribution in [0.1, 0.15) is 50.4 Å². The van der Waals surface area contributed by atoms with Crippen molar-refractivity contribution >= 4 is 29.4 Å². The van der Waals surface area contributed by atoms with E-state index in [1.54, 1.807) is 24.3 Å². The fourth-order valence-corrected chi connectivity index (χ4v) is 5.01.